The third kappa shape index (κ3) is 3.26. The molecule has 0 fully saturated rings. The second-order valence-electron chi connectivity index (χ2n) is 4.20. The van der Waals surface area contributed by atoms with E-state index in [9.17, 15) is 9.18 Å². The summed E-state index contributed by atoms with van der Waals surface area (Å²) < 4.78 is 13.5. The van der Waals surface area contributed by atoms with E-state index < -0.39 is 0 Å². The van der Waals surface area contributed by atoms with Gasteiger partial charge >= 0.3 is 0 Å². The van der Waals surface area contributed by atoms with Crippen molar-refractivity contribution >= 4 is 18.1 Å². The van der Waals surface area contributed by atoms with Crippen molar-refractivity contribution in [1.82, 2.24) is 9.88 Å². The molecule has 0 unspecified atom stereocenters. The molecule has 0 aliphatic carbocycles. The van der Waals surface area contributed by atoms with E-state index in [2.05, 4.69) is 4.98 Å². The first-order valence-corrected chi connectivity index (χ1v) is 6.16. The van der Waals surface area contributed by atoms with Crippen LogP contribution in [0.4, 0.5) is 4.39 Å². The average Bonchev–Trinajstić information content (AvgIpc) is 2.38. The summed E-state index contributed by atoms with van der Waals surface area (Å²) in [4.78, 5) is 16.5. The fourth-order valence-electron chi connectivity index (χ4n) is 1.78. The Morgan fingerprint density at radius 3 is 2.84 bits per heavy atom. The molecule has 2 aromatic rings. The lowest BCUT2D eigenvalue weighted by molar-refractivity contribution is 0.0784. The lowest BCUT2D eigenvalue weighted by Gasteiger charge is -2.17. The molecule has 5 heteroatoms. The standard InChI is InChI=1S/C14H13FN2OS/c1-17(9-10-4-2-5-11(15)8-10)14(18)12-6-3-7-16-13(12)19/h2-8H,9H2,1H3,(H,16,19). The summed E-state index contributed by atoms with van der Waals surface area (Å²) in [5.41, 5.74) is 1.18. The molecule has 0 saturated heterocycles. The summed E-state index contributed by atoms with van der Waals surface area (Å²) in [7, 11) is 1.66. The van der Waals surface area contributed by atoms with Crippen LogP contribution in [-0.2, 0) is 6.54 Å². The second-order valence-corrected chi connectivity index (χ2v) is 4.61. The van der Waals surface area contributed by atoms with Crippen LogP contribution in [0.2, 0.25) is 0 Å². The monoisotopic (exact) mass is 276 g/mol. The van der Waals surface area contributed by atoms with Crippen molar-refractivity contribution in [3.05, 3.63) is 64.2 Å². The Kier molecular flexibility index (Phi) is 4.06. The Morgan fingerprint density at radius 1 is 1.37 bits per heavy atom. The number of hydrogen-bond donors (Lipinski definition) is 1. The maximum atomic E-state index is 13.1. The van der Waals surface area contributed by atoms with E-state index in [0.29, 0.717) is 16.7 Å². The predicted molar refractivity (Wildman–Crippen MR) is 73.8 cm³/mol. The van der Waals surface area contributed by atoms with Gasteiger partial charge in [0, 0.05) is 19.8 Å². The van der Waals surface area contributed by atoms with Gasteiger partial charge in [0.25, 0.3) is 5.91 Å². The van der Waals surface area contributed by atoms with Gasteiger partial charge in [0.05, 0.1) is 5.56 Å². The number of aromatic amines is 1. The number of rotatable bonds is 3. The lowest BCUT2D eigenvalue weighted by Crippen LogP contribution is -2.26. The lowest BCUT2D eigenvalue weighted by atomic mass is 10.2. The van der Waals surface area contributed by atoms with Crippen molar-refractivity contribution in [3.8, 4) is 0 Å². The number of carbonyl (C=O) groups excluding carboxylic acids is 1. The van der Waals surface area contributed by atoms with Crippen LogP contribution in [0.5, 0.6) is 0 Å². The topological polar surface area (TPSA) is 36.1 Å². The molecule has 98 valence electrons. The molecule has 1 aromatic heterocycles. The fraction of sp³-hybridized carbons (Fsp3) is 0.143. The van der Waals surface area contributed by atoms with Gasteiger partial charge < -0.3 is 9.88 Å². The number of aromatic nitrogens is 1. The van der Waals surface area contributed by atoms with Gasteiger partial charge in [-0.2, -0.15) is 0 Å². The van der Waals surface area contributed by atoms with Crippen molar-refractivity contribution in [1.29, 1.82) is 0 Å². The number of pyridine rings is 1. The van der Waals surface area contributed by atoms with E-state index in [1.807, 2.05) is 0 Å². The van der Waals surface area contributed by atoms with Gasteiger partial charge in [-0.3, -0.25) is 4.79 Å². The first-order valence-electron chi connectivity index (χ1n) is 5.75. The van der Waals surface area contributed by atoms with Gasteiger partial charge in [0.15, 0.2) is 0 Å². The van der Waals surface area contributed by atoms with E-state index >= 15 is 0 Å². The largest absolute Gasteiger partial charge is 0.352 e. The molecule has 1 N–H and O–H groups in total. The smallest absolute Gasteiger partial charge is 0.256 e. The van der Waals surface area contributed by atoms with E-state index in [0.717, 1.165) is 5.56 Å². The molecule has 3 nitrogen and oxygen atoms in total. The number of carbonyl (C=O) groups is 1. The van der Waals surface area contributed by atoms with E-state index in [1.165, 1.54) is 17.0 Å². The molecule has 0 radical (unpaired) electrons. The van der Waals surface area contributed by atoms with Crippen molar-refractivity contribution in [2.75, 3.05) is 7.05 Å². The highest BCUT2D eigenvalue weighted by Crippen LogP contribution is 2.10. The van der Waals surface area contributed by atoms with Crippen LogP contribution < -0.4 is 0 Å². The Hall–Kier alpha value is -2.01. The van der Waals surface area contributed by atoms with Crippen molar-refractivity contribution < 1.29 is 9.18 Å². The molecule has 0 aliphatic heterocycles. The van der Waals surface area contributed by atoms with Gasteiger partial charge in [-0.05, 0) is 29.8 Å². The molecule has 0 bridgehead atoms. The highest BCUT2D eigenvalue weighted by Gasteiger charge is 2.13. The Labute approximate surface area is 115 Å². The minimum absolute atomic E-state index is 0.189. The molecule has 0 saturated carbocycles. The van der Waals surface area contributed by atoms with Crippen LogP contribution in [-0.4, -0.2) is 22.8 Å². The summed E-state index contributed by atoms with van der Waals surface area (Å²) in [5.74, 6) is -0.499. The Balaban J connectivity index is 2.17. The van der Waals surface area contributed by atoms with Crippen LogP contribution in [0.15, 0.2) is 42.6 Å². The maximum absolute atomic E-state index is 13.1. The molecular formula is C14H13FN2OS. The zero-order chi connectivity index (χ0) is 13.8. The van der Waals surface area contributed by atoms with E-state index in [1.54, 1.807) is 37.5 Å². The van der Waals surface area contributed by atoms with Crippen molar-refractivity contribution in [3.63, 3.8) is 0 Å². The second kappa shape index (κ2) is 5.75. The minimum Gasteiger partial charge on any atom is -0.352 e. The molecule has 1 amide bonds. The molecule has 19 heavy (non-hydrogen) atoms. The molecule has 0 atom stereocenters. The molecular weight excluding hydrogens is 263 g/mol. The zero-order valence-corrected chi connectivity index (χ0v) is 11.2. The van der Waals surface area contributed by atoms with Gasteiger partial charge in [0.1, 0.15) is 10.5 Å². The number of hydrogen-bond acceptors (Lipinski definition) is 2. The van der Waals surface area contributed by atoms with Crippen LogP contribution >= 0.6 is 12.2 Å². The summed E-state index contributed by atoms with van der Waals surface area (Å²) in [6, 6.07) is 9.58. The quantitative estimate of drug-likeness (QED) is 0.874. The van der Waals surface area contributed by atoms with E-state index in [4.69, 9.17) is 12.2 Å². The summed E-state index contributed by atoms with van der Waals surface area (Å²) in [6.07, 6.45) is 1.67. The predicted octanol–water partition coefficient (Wildman–Crippen LogP) is 3.16. The third-order valence-electron chi connectivity index (χ3n) is 2.70. The van der Waals surface area contributed by atoms with Crippen LogP contribution in [0.1, 0.15) is 15.9 Å². The number of H-pyrrole nitrogens is 1. The molecule has 1 aromatic carbocycles. The molecule has 1 heterocycles. The molecule has 0 spiro atoms. The summed E-state index contributed by atoms with van der Waals surface area (Å²) >= 11 is 5.07. The van der Waals surface area contributed by atoms with Gasteiger partial charge in [-0.25, -0.2) is 4.39 Å². The van der Waals surface area contributed by atoms with Crippen molar-refractivity contribution in [2.24, 2.45) is 0 Å². The van der Waals surface area contributed by atoms with E-state index in [-0.39, 0.29) is 11.7 Å². The highest BCUT2D eigenvalue weighted by atomic mass is 32.1. The summed E-state index contributed by atoms with van der Waals surface area (Å²) in [5, 5.41) is 0. The van der Waals surface area contributed by atoms with Crippen molar-refractivity contribution in [2.45, 2.75) is 6.54 Å². The normalized spacial score (nSPS) is 10.2. The molecule has 0 aliphatic rings. The number of halogens is 1. The van der Waals surface area contributed by atoms with Crippen LogP contribution in [0.3, 0.4) is 0 Å². The number of nitrogens with one attached hydrogen (secondary N) is 1. The number of benzene rings is 1. The van der Waals surface area contributed by atoms with Gasteiger partial charge in [-0.1, -0.05) is 24.4 Å². The SMILES string of the molecule is CN(Cc1cccc(F)c1)C(=O)c1ccc[nH]c1=S. The fourth-order valence-corrected chi connectivity index (χ4v) is 2.00. The first-order chi connectivity index (χ1) is 9.08. The minimum atomic E-state index is -0.310. The average molecular weight is 276 g/mol. The van der Waals surface area contributed by atoms with Crippen LogP contribution in [0.25, 0.3) is 0 Å². The van der Waals surface area contributed by atoms with Gasteiger partial charge in [0.2, 0.25) is 0 Å². The van der Waals surface area contributed by atoms with Gasteiger partial charge in [-0.15, -0.1) is 0 Å². The third-order valence-corrected chi connectivity index (χ3v) is 3.04. The zero-order valence-electron chi connectivity index (χ0n) is 10.4. The maximum Gasteiger partial charge on any atom is 0.256 e. The number of amides is 1. The number of nitrogens with zero attached hydrogens (tertiary/aromatic N) is 1. The molecule has 2 rings (SSSR count). The van der Waals surface area contributed by atoms with Crippen LogP contribution in [0, 0.1) is 10.5 Å². The first kappa shape index (κ1) is 13.4. The summed E-state index contributed by atoms with van der Waals surface area (Å²) in [6.45, 7) is 0.334. The Bertz CT molecular complexity index is 654. The highest BCUT2D eigenvalue weighted by molar-refractivity contribution is 7.71. The Morgan fingerprint density at radius 2 is 2.16 bits per heavy atom.